The Morgan fingerprint density at radius 3 is 2.90 bits per heavy atom. The molecule has 3 rings (SSSR count). The van der Waals surface area contributed by atoms with Crippen LogP contribution in [0.25, 0.3) is 0 Å². The summed E-state index contributed by atoms with van der Waals surface area (Å²) < 4.78 is 34.7. The number of nitrogens with zero attached hydrogens (tertiary/aromatic N) is 3. The van der Waals surface area contributed by atoms with E-state index in [4.69, 9.17) is 4.74 Å². The van der Waals surface area contributed by atoms with Crippen LogP contribution in [0.5, 0.6) is 0 Å². The molecule has 1 aliphatic heterocycles. The second kappa shape index (κ2) is 5.20. The molecular formula is C13H17N3O3S2. The molecule has 114 valence electrons. The molecule has 1 fully saturated rings. The molecule has 6 nitrogen and oxygen atoms in total. The third kappa shape index (κ3) is 2.64. The quantitative estimate of drug-likeness (QED) is 0.855. The Hall–Kier alpha value is -1.22. The molecule has 0 spiro atoms. The minimum Gasteiger partial charge on any atom is -0.368 e. The Kier molecular flexibility index (Phi) is 3.64. The highest BCUT2D eigenvalue weighted by Crippen LogP contribution is 2.32. The summed E-state index contributed by atoms with van der Waals surface area (Å²) in [7, 11) is -1.62. The third-order valence-corrected chi connectivity index (χ3v) is 6.86. The topological polar surface area (TPSA) is 64.4 Å². The van der Waals surface area contributed by atoms with Crippen molar-refractivity contribution in [3.8, 4) is 0 Å². The Morgan fingerprint density at radius 1 is 1.48 bits per heavy atom. The SMILES string of the molecule is Cn1cc([C@]2(C)CN(S(=O)(=O)c3cccs3)CCO2)cn1. The van der Waals surface area contributed by atoms with Crippen LogP contribution in [0.15, 0.2) is 34.1 Å². The summed E-state index contributed by atoms with van der Waals surface area (Å²) in [6.07, 6.45) is 3.59. The molecule has 0 unspecified atom stereocenters. The van der Waals surface area contributed by atoms with Gasteiger partial charge in [0.25, 0.3) is 10.0 Å². The fraction of sp³-hybridized carbons (Fsp3) is 0.462. The number of hydrogen-bond donors (Lipinski definition) is 0. The molecule has 21 heavy (non-hydrogen) atoms. The number of rotatable bonds is 3. The van der Waals surface area contributed by atoms with Crippen LogP contribution in [0.4, 0.5) is 0 Å². The second-order valence-corrected chi connectivity index (χ2v) is 8.37. The van der Waals surface area contributed by atoms with Crippen molar-refractivity contribution in [3.63, 3.8) is 0 Å². The first-order valence-corrected chi connectivity index (χ1v) is 8.90. The molecule has 0 radical (unpaired) electrons. The summed E-state index contributed by atoms with van der Waals surface area (Å²) in [5, 5.41) is 5.92. The molecule has 0 N–H and O–H groups in total. The van der Waals surface area contributed by atoms with E-state index in [0.29, 0.717) is 23.9 Å². The maximum atomic E-state index is 12.6. The molecule has 0 saturated carbocycles. The zero-order valence-electron chi connectivity index (χ0n) is 11.9. The van der Waals surface area contributed by atoms with E-state index in [0.717, 1.165) is 5.56 Å². The second-order valence-electron chi connectivity index (χ2n) is 5.25. The summed E-state index contributed by atoms with van der Waals surface area (Å²) in [6, 6.07) is 3.38. The van der Waals surface area contributed by atoms with Crippen molar-refractivity contribution in [2.24, 2.45) is 7.05 Å². The molecule has 1 aliphatic rings. The lowest BCUT2D eigenvalue weighted by atomic mass is 9.98. The van der Waals surface area contributed by atoms with Gasteiger partial charge in [0.05, 0.1) is 12.8 Å². The number of aromatic nitrogens is 2. The average molecular weight is 327 g/mol. The zero-order valence-corrected chi connectivity index (χ0v) is 13.5. The summed E-state index contributed by atoms with van der Waals surface area (Å²) in [6.45, 7) is 2.94. The van der Waals surface area contributed by atoms with Gasteiger partial charge in [-0.25, -0.2) is 8.42 Å². The molecule has 3 heterocycles. The predicted octanol–water partition coefficient (Wildman–Crippen LogP) is 1.42. The molecule has 1 atom stereocenters. The van der Waals surface area contributed by atoms with Gasteiger partial charge in [0.1, 0.15) is 9.81 Å². The Morgan fingerprint density at radius 2 is 2.29 bits per heavy atom. The molecule has 0 aromatic carbocycles. The molecule has 0 aliphatic carbocycles. The summed E-state index contributed by atoms with van der Waals surface area (Å²) in [5.74, 6) is 0. The highest BCUT2D eigenvalue weighted by atomic mass is 32.2. The first kappa shape index (κ1) is 14.7. The van der Waals surface area contributed by atoms with Crippen molar-refractivity contribution in [1.29, 1.82) is 0 Å². The minimum atomic E-state index is -3.45. The lowest BCUT2D eigenvalue weighted by molar-refractivity contribution is -0.0820. The molecular weight excluding hydrogens is 310 g/mol. The lowest BCUT2D eigenvalue weighted by Gasteiger charge is -2.39. The highest BCUT2D eigenvalue weighted by Gasteiger charge is 2.40. The number of hydrogen-bond acceptors (Lipinski definition) is 5. The average Bonchev–Trinajstić information content (AvgIpc) is 3.10. The van der Waals surface area contributed by atoms with Gasteiger partial charge in [0.15, 0.2) is 0 Å². The van der Waals surface area contributed by atoms with Gasteiger partial charge in [0, 0.05) is 31.9 Å². The first-order valence-electron chi connectivity index (χ1n) is 6.58. The van der Waals surface area contributed by atoms with Gasteiger partial charge in [-0.05, 0) is 18.4 Å². The van der Waals surface area contributed by atoms with Crippen LogP contribution >= 0.6 is 11.3 Å². The van der Waals surface area contributed by atoms with Crippen molar-refractivity contribution in [1.82, 2.24) is 14.1 Å². The van der Waals surface area contributed by atoms with Gasteiger partial charge < -0.3 is 4.74 Å². The van der Waals surface area contributed by atoms with Gasteiger partial charge >= 0.3 is 0 Å². The number of thiophene rings is 1. The van der Waals surface area contributed by atoms with Crippen LogP contribution in [0.1, 0.15) is 12.5 Å². The fourth-order valence-electron chi connectivity index (χ4n) is 2.45. The van der Waals surface area contributed by atoms with E-state index in [1.54, 1.807) is 28.4 Å². The third-order valence-electron chi connectivity index (χ3n) is 3.64. The van der Waals surface area contributed by atoms with Crippen molar-refractivity contribution < 1.29 is 13.2 Å². The lowest BCUT2D eigenvalue weighted by Crippen LogP contribution is -2.50. The Balaban J connectivity index is 1.90. The fourth-order valence-corrected chi connectivity index (χ4v) is 5.10. The summed E-state index contributed by atoms with van der Waals surface area (Å²) in [4.78, 5) is 0. The monoisotopic (exact) mass is 327 g/mol. The maximum Gasteiger partial charge on any atom is 0.252 e. The highest BCUT2D eigenvalue weighted by molar-refractivity contribution is 7.91. The van der Waals surface area contributed by atoms with Gasteiger partial charge in [-0.3, -0.25) is 4.68 Å². The van der Waals surface area contributed by atoms with E-state index in [1.807, 2.05) is 20.2 Å². The number of ether oxygens (including phenoxy) is 1. The Labute approximate surface area is 128 Å². The minimum absolute atomic E-state index is 0.291. The van der Waals surface area contributed by atoms with Crippen LogP contribution in [-0.2, 0) is 27.4 Å². The first-order chi connectivity index (χ1) is 9.92. The van der Waals surface area contributed by atoms with Crippen LogP contribution in [0.2, 0.25) is 0 Å². The smallest absolute Gasteiger partial charge is 0.252 e. The zero-order chi connectivity index (χ0) is 15.1. The predicted molar refractivity (Wildman–Crippen MR) is 79.6 cm³/mol. The van der Waals surface area contributed by atoms with Crippen LogP contribution in [-0.4, -0.2) is 42.2 Å². The van der Waals surface area contributed by atoms with Gasteiger partial charge in [0.2, 0.25) is 0 Å². The van der Waals surface area contributed by atoms with Crippen molar-refractivity contribution in [3.05, 3.63) is 35.5 Å². The van der Waals surface area contributed by atoms with E-state index in [1.165, 1.54) is 15.6 Å². The molecule has 2 aromatic heterocycles. The van der Waals surface area contributed by atoms with Crippen molar-refractivity contribution in [2.45, 2.75) is 16.7 Å². The molecule has 0 amide bonds. The van der Waals surface area contributed by atoms with E-state index < -0.39 is 15.6 Å². The maximum absolute atomic E-state index is 12.6. The van der Waals surface area contributed by atoms with Crippen LogP contribution < -0.4 is 0 Å². The molecule has 2 aromatic rings. The van der Waals surface area contributed by atoms with Gasteiger partial charge in [-0.2, -0.15) is 9.40 Å². The van der Waals surface area contributed by atoms with Crippen molar-refractivity contribution >= 4 is 21.4 Å². The number of morpholine rings is 1. The van der Waals surface area contributed by atoms with Crippen LogP contribution in [0, 0.1) is 0 Å². The van der Waals surface area contributed by atoms with E-state index in [2.05, 4.69) is 5.10 Å². The van der Waals surface area contributed by atoms with E-state index >= 15 is 0 Å². The van der Waals surface area contributed by atoms with Crippen molar-refractivity contribution in [2.75, 3.05) is 19.7 Å². The molecule has 1 saturated heterocycles. The number of sulfonamides is 1. The largest absolute Gasteiger partial charge is 0.368 e. The molecule has 8 heteroatoms. The Bertz CT molecular complexity index is 724. The van der Waals surface area contributed by atoms with E-state index in [-0.39, 0.29) is 0 Å². The van der Waals surface area contributed by atoms with Gasteiger partial charge in [-0.15, -0.1) is 11.3 Å². The van der Waals surface area contributed by atoms with Crippen LogP contribution in [0.3, 0.4) is 0 Å². The normalized spacial score (nSPS) is 24.3. The van der Waals surface area contributed by atoms with E-state index in [9.17, 15) is 8.42 Å². The number of aryl methyl sites for hydroxylation is 1. The summed E-state index contributed by atoms with van der Waals surface area (Å²) in [5.41, 5.74) is 0.215. The summed E-state index contributed by atoms with van der Waals surface area (Å²) >= 11 is 1.24. The molecule has 0 bridgehead atoms. The standard InChI is InChI=1S/C13H17N3O3S2/c1-13(11-8-14-15(2)9-11)10-16(5-6-19-13)21(17,18)12-4-3-7-20-12/h3-4,7-9H,5-6,10H2,1-2H3/t13-/m0/s1. The van der Waals surface area contributed by atoms with Gasteiger partial charge in [-0.1, -0.05) is 6.07 Å².